The number of carbonyl (C=O) groups excluding carboxylic acids is 1. The Bertz CT molecular complexity index is 289. The molecule has 4 nitrogen and oxygen atoms in total. The Morgan fingerprint density at radius 3 is 2.53 bits per heavy atom. The molecular weight excluding hydrogens is 264 g/mol. The molecule has 2 saturated carbocycles. The fourth-order valence-corrected chi connectivity index (χ4v) is 2.80. The van der Waals surface area contributed by atoms with Crippen molar-refractivity contribution >= 4 is 18.3 Å². The molecule has 0 spiro atoms. The van der Waals surface area contributed by atoms with Crippen molar-refractivity contribution in [2.24, 2.45) is 17.1 Å². The van der Waals surface area contributed by atoms with Crippen LogP contribution in [-0.4, -0.2) is 44.2 Å². The summed E-state index contributed by atoms with van der Waals surface area (Å²) >= 11 is 0. The molecule has 0 bridgehead atoms. The lowest BCUT2D eigenvalue weighted by Gasteiger charge is -2.31. The Morgan fingerprint density at radius 2 is 2.00 bits per heavy atom. The van der Waals surface area contributed by atoms with Crippen LogP contribution >= 0.6 is 12.4 Å². The number of hydrogen-bond donors (Lipinski definition) is 1. The first-order chi connectivity index (χ1) is 8.68. The molecule has 0 radical (unpaired) electrons. The highest BCUT2D eigenvalue weighted by Gasteiger charge is 2.41. The first kappa shape index (κ1) is 16.7. The minimum absolute atomic E-state index is 0. The number of likely N-dealkylation sites (N-methyl/N-ethyl adjacent to an activating group) is 1. The van der Waals surface area contributed by atoms with E-state index in [4.69, 9.17) is 10.5 Å². The molecule has 2 rings (SSSR count). The van der Waals surface area contributed by atoms with Crippen LogP contribution in [0.25, 0.3) is 0 Å². The van der Waals surface area contributed by atoms with Gasteiger partial charge in [-0.2, -0.15) is 0 Å². The van der Waals surface area contributed by atoms with Gasteiger partial charge < -0.3 is 15.4 Å². The summed E-state index contributed by atoms with van der Waals surface area (Å²) in [5.41, 5.74) is 5.56. The molecule has 112 valence electrons. The van der Waals surface area contributed by atoms with Crippen molar-refractivity contribution in [3.8, 4) is 0 Å². The molecule has 5 heteroatoms. The maximum absolute atomic E-state index is 12.4. The molecule has 0 aromatic rings. The third kappa shape index (κ3) is 4.33. The van der Waals surface area contributed by atoms with Gasteiger partial charge >= 0.3 is 0 Å². The lowest BCUT2D eigenvalue weighted by Crippen LogP contribution is -2.46. The molecule has 2 fully saturated rings. The topological polar surface area (TPSA) is 55.6 Å². The fraction of sp³-hybridized carbons (Fsp3) is 0.929. The predicted molar refractivity (Wildman–Crippen MR) is 78.4 cm³/mol. The van der Waals surface area contributed by atoms with Gasteiger partial charge in [0, 0.05) is 26.7 Å². The van der Waals surface area contributed by atoms with Gasteiger partial charge in [0.2, 0.25) is 5.91 Å². The Labute approximate surface area is 122 Å². The van der Waals surface area contributed by atoms with Crippen molar-refractivity contribution in [1.29, 1.82) is 0 Å². The second kappa shape index (κ2) is 7.46. The van der Waals surface area contributed by atoms with Gasteiger partial charge in [-0.3, -0.25) is 4.79 Å². The lowest BCUT2D eigenvalue weighted by molar-refractivity contribution is -0.140. The highest BCUT2D eigenvalue weighted by Crippen LogP contribution is 2.38. The normalized spacial score (nSPS) is 20.9. The van der Waals surface area contributed by atoms with E-state index in [1.807, 2.05) is 11.9 Å². The standard InChI is InChI=1S/C14H26N2O2.ClH/c1-16(8-9-18-10-12-4-5-12)13(17)14(11-15)6-2-3-7-14;/h12H,2-11,15H2,1H3;1H. The molecule has 2 aliphatic carbocycles. The zero-order valence-electron chi connectivity index (χ0n) is 11.9. The predicted octanol–water partition coefficient (Wildman–Crippen LogP) is 1.81. The summed E-state index contributed by atoms with van der Waals surface area (Å²) in [7, 11) is 1.87. The van der Waals surface area contributed by atoms with E-state index in [1.165, 1.54) is 12.8 Å². The Hall–Kier alpha value is -0.320. The third-order valence-electron chi connectivity index (χ3n) is 4.37. The van der Waals surface area contributed by atoms with Gasteiger partial charge in [-0.1, -0.05) is 12.8 Å². The molecule has 1 amide bonds. The monoisotopic (exact) mass is 290 g/mol. The molecule has 0 aliphatic heterocycles. The second-order valence-electron chi connectivity index (χ2n) is 5.94. The summed E-state index contributed by atoms with van der Waals surface area (Å²) in [6, 6.07) is 0. The van der Waals surface area contributed by atoms with Crippen LogP contribution in [0.5, 0.6) is 0 Å². The van der Waals surface area contributed by atoms with Crippen LogP contribution in [0, 0.1) is 11.3 Å². The van der Waals surface area contributed by atoms with Crippen LogP contribution in [0.2, 0.25) is 0 Å². The minimum Gasteiger partial charge on any atom is -0.379 e. The molecule has 0 aromatic carbocycles. The van der Waals surface area contributed by atoms with Gasteiger partial charge in [0.15, 0.2) is 0 Å². The lowest BCUT2D eigenvalue weighted by atomic mass is 9.85. The highest BCUT2D eigenvalue weighted by molar-refractivity contribution is 5.85. The number of nitrogens with zero attached hydrogens (tertiary/aromatic N) is 1. The Balaban J connectivity index is 0.00000180. The van der Waals surface area contributed by atoms with Crippen LogP contribution in [0.4, 0.5) is 0 Å². The summed E-state index contributed by atoms with van der Waals surface area (Å²) < 4.78 is 5.58. The number of rotatable bonds is 7. The van der Waals surface area contributed by atoms with Crippen molar-refractivity contribution in [3.63, 3.8) is 0 Å². The molecule has 0 aromatic heterocycles. The van der Waals surface area contributed by atoms with Crippen LogP contribution in [0.3, 0.4) is 0 Å². The van der Waals surface area contributed by atoms with Crippen LogP contribution in [0.15, 0.2) is 0 Å². The second-order valence-corrected chi connectivity index (χ2v) is 5.94. The maximum Gasteiger partial charge on any atom is 0.229 e. The quantitative estimate of drug-likeness (QED) is 0.728. The molecule has 19 heavy (non-hydrogen) atoms. The van der Waals surface area contributed by atoms with Crippen LogP contribution < -0.4 is 5.73 Å². The largest absolute Gasteiger partial charge is 0.379 e. The van der Waals surface area contributed by atoms with E-state index in [9.17, 15) is 4.79 Å². The molecule has 2 N–H and O–H groups in total. The highest BCUT2D eigenvalue weighted by atomic mass is 35.5. The molecule has 2 aliphatic rings. The SMILES string of the molecule is CN(CCOCC1CC1)C(=O)C1(CN)CCCC1.Cl. The first-order valence-electron chi connectivity index (χ1n) is 7.21. The van der Waals surface area contributed by atoms with Crippen LogP contribution in [-0.2, 0) is 9.53 Å². The summed E-state index contributed by atoms with van der Waals surface area (Å²) in [6.07, 6.45) is 6.80. The maximum atomic E-state index is 12.4. The van der Waals surface area contributed by atoms with E-state index in [1.54, 1.807) is 0 Å². The van der Waals surface area contributed by atoms with Crippen molar-refractivity contribution in [2.75, 3.05) is 33.4 Å². The van der Waals surface area contributed by atoms with E-state index in [0.29, 0.717) is 19.7 Å². The molecule has 0 saturated heterocycles. The summed E-state index contributed by atoms with van der Waals surface area (Å²) in [5, 5.41) is 0. The summed E-state index contributed by atoms with van der Waals surface area (Å²) in [5.74, 6) is 1.01. The van der Waals surface area contributed by atoms with Gasteiger partial charge in [0.05, 0.1) is 12.0 Å². The number of ether oxygens (including phenoxy) is 1. The zero-order valence-corrected chi connectivity index (χ0v) is 12.7. The molecule has 0 unspecified atom stereocenters. The third-order valence-corrected chi connectivity index (χ3v) is 4.37. The first-order valence-corrected chi connectivity index (χ1v) is 7.21. The number of halogens is 1. The van der Waals surface area contributed by atoms with E-state index >= 15 is 0 Å². The zero-order chi connectivity index (χ0) is 13.0. The van der Waals surface area contributed by atoms with E-state index in [-0.39, 0.29) is 23.7 Å². The van der Waals surface area contributed by atoms with Gasteiger partial charge in [-0.05, 0) is 31.6 Å². The van der Waals surface area contributed by atoms with Crippen LogP contribution in [0.1, 0.15) is 38.5 Å². The Morgan fingerprint density at radius 1 is 1.37 bits per heavy atom. The van der Waals surface area contributed by atoms with E-state index in [2.05, 4.69) is 0 Å². The fourth-order valence-electron chi connectivity index (χ4n) is 2.80. The van der Waals surface area contributed by atoms with Crippen molar-refractivity contribution in [3.05, 3.63) is 0 Å². The van der Waals surface area contributed by atoms with E-state index < -0.39 is 0 Å². The minimum atomic E-state index is -0.273. The smallest absolute Gasteiger partial charge is 0.229 e. The van der Waals surface area contributed by atoms with Gasteiger partial charge in [-0.15, -0.1) is 12.4 Å². The van der Waals surface area contributed by atoms with Gasteiger partial charge in [0.25, 0.3) is 0 Å². The average Bonchev–Trinajstić information content (AvgIpc) is 3.08. The van der Waals surface area contributed by atoms with Crippen molar-refractivity contribution in [1.82, 2.24) is 4.90 Å². The van der Waals surface area contributed by atoms with Crippen molar-refractivity contribution in [2.45, 2.75) is 38.5 Å². The summed E-state index contributed by atoms with van der Waals surface area (Å²) in [6.45, 7) is 2.69. The summed E-state index contributed by atoms with van der Waals surface area (Å²) in [4.78, 5) is 14.2. The van der Waals surface area contributed by atoms with Crippen molar-refractivity contribution < 1.29 is 9.53 Å². The Kier molecular flexibility index (Phi) is 6.57. The molecule has 0 atom stereocenters. The number of carbonyl (C=O) groups is 1. The van der Waals surface area contributed by atoms with Gasteiger partial charge in [0.1, 0.15) is 0 Å². The van der Waals surface area contributed by atoms with Gasteiger partial charge in [-0.25, -0.2) is 0 Å². The number of hydrogen-bond acceptors (Lipinski definition) is 3. The molecule has 0 heterocycles. The van der Waals surface area contributed by atoms with E-state index in [0.717, 1.165) is 38.2 Å². The number of nitrogens with two attached hydrogens (primary N) is 1. The number of amides is 1. The molecular formula is C14H27ClN2O2. The average molecular weight is 291 g/mol.